The normalized spacial score (nSPS) is 10.6. The molecule has 2 nitrogen and oxygen atoms in total. The number of benzene rings is 2. The molecule has 0 aliphatic rings. The summed E-state index contributed by atoms with van der Waals surface area (Å²) in [5.74, 6) is -5.34. The molecule has 0 aliphatic carbocycles. The van der Waals surface area contributed by atoms with Gasteiger partial charge in [-0.1, -0.05) is 15.9 Å². The molecule has 1 N–H and O–H groups in total. The Morgan fingerprint density at radius 3 is 2.19 bits per heavy atom. The molecule has 0 heterocycles. The van der Waals surface area contributed by atoms with Crippen LogP contribution in [0.4, 0.5) is 18.9 Å². The number of anilines is 1. The molecule has 2 aromatic rings. The molecule has 0 bridgehead atoms. The molecule has 0 radical (unpaired) electrons. The first kappa shape index (κ1) is 15.6. The lowest BCUT2D eigenvalue weighted by atomic mass is 10.1. The molecule has 0 saturated heterocycles. The number of hydrogen-bond acceptors (Lipinski definition) is 1. The van der Waals surface area contributed by atoms with Gasteiger partial charge in [0.15, 0.2) is 17.5 Å². The number of halogens is 4. The van der Waals surface area contributed by atoms with Crippen LogP contribution in [-0.2, 0) is 0 Å². The Labute approximate surface area is 128 Å². The Kier molecular flexibility index (Phi) is 4.37. The molecule has 6 heteroatoms. The highest BCUT2D eigenvalue weighted by molar-refractivity contribution is 9.10. The van der Waals surface area contributed by atoms with Gasteiger partial charge < -0.3 is 5.32 Å². The van der Waals surface area contributed by atoms with E-state index in [4.69, 9.17) is 0 Å². The maximum Gasteiger partial charge on any atom is 0.258 e. The van der Waals surface area contributed by atoms with Crippen LogP contribution < -0.4 is 5.32 Å². The maximum atomic E-state index is 13.6. The zero-order valence-electron chi connectivity index (χ0n) is 11.2. The Morgan fingerprint density at radius 1 is 1.05 bits per heavy atom. The van der Waals surface area contributed by atoms with E-state index in [0.717, 1.165) is 21.7 Å². The van der Waals surface area contributed by atoms with Crippen molar-refractivity contribution < 1.29 is 18.0 Å². The van der Waals surface area contributed by atoms with Gasteiger partial charge in [0.25, 0.3) is 5.91 Å². The van der Waals surface area contributed by atoms with Gasteiger partial charge in [-0.3, -0.25) is 4.79 Å². The van der Waals surface area contributed by atoms with Crippen LogP contribution in [0.2, 0.25) is 0 Å². The fourth-order valence-electron chi connectivity index (χ4n) is 1.92. The second-order valence-corrected chi connectivity index (χ2v) is 5.39. The van der Waals surface area contributed by atoms with Crippen LogP contribution in [-0.4, -0.2) is 5.91 Å². The molecule has 0 spiro atoms. The van der Waals surface area contributed by atoms with E-state index in [0.29, 0.717) is 11.8 Å². The fourth-order valence-corrected chi connectivity index (χ4v) is 2.15. The van der Waals surface area contributed by atoms with Crippen molar-refractivity contribution in [2.24, 2.45) is 0 Å². The summed E-state index contributed by atoms with van der Waals surface area (Å²) in [5.41, 5.74) is 1.67. The number of aryl methyl sites for hydroxylation is 2. The molecule has 0 saturated carbocycles. The molecular formula is C15H11BrF3NO. The second kappa shape index (κ2) is 5.89. The van der Waals surface area contributed by atoms with Crippen molar-refractivity contribution in [2.75, 3.05) is 5.32 Å². The third-order valence-corrected chi connectivity index (χ3v) is 4.22. The quantitative estimate of drug-likeness (QED) is 0.773. The minimum atomic E-state index is -1.66. The van der Waals surface area contributed by atoms with Crippen molar-refractivity contribution >= 4 is 27.5 Å². The van der Waals surface area contributed by atoms with Crippen LogP contribution in [0.25, 0.3) is 0 Å². The lowest BCUT2D eigenvalue weighted by molar-refractivity contribution is 0.102. The van der Waals surface area contributed by atoms with Gasteiger partial charge in [0.1, 0.15) is 0 Å². The zero-order chi connectivity index (χ0) is 15.7. The molecule has 110 valence electrons. The average Bonchev–Trinajstić information content (AvgIpc) is 2.42. The van der Waals surface area contributed by atoms with Gasteiger partial charge in [-0.15, -0.1) is 0 Å². The molecule has 0 atom stereocenters. The summed E-state index contributed by atoms with van der Waals surface area (Å²) in [5, 5.41) is 2.47. The van der Waals surface area contributed by atoms with Crippen molar-refractivity contribution in [3.05, 3.63) is 62.9 Å². The summed E-state index contributed by atoms with van der Waals surface area (Å²) >= 11 is 3.39. The van der Waals surface area contributed by atoms with Gasteiger partial charge in [0, 0.05) is 10.2 Å². The highest BCUT2D eigenvalue weighted by atomic mass is 79.9. The van der Waals surface area contributed by atoms with E-state index in [1.807, 2.05) is 13.8 Å². The van der Waals surface area contributed by atoms with Crippen LogP contribution in [0, 0.1) is 31.3 Å². The second-order valence-electron chi connectivity index (χ2n) is 4.60. The fraction of sp³-hybridized carbons (Fsp3) is 0.133. The molecule has 0 aliphatic heterocycles. The van der Waals surface area contributed by atoms with Crippen molar-refractivity contribution in [1.29, 1.82) is 0 Å². The van der Waals surface area contributed by atoms with E-state index in [2.05, 4.69) is 21.2 Å². The summed E-state index contributed by atoms with van der Waals surface area (Å²) in [7, 11) is 0. The monoisotopic (exact) mass is 357 g/mol. The van der Waals surface area contributed by atoms with Crippen molar-refractivity contribution in [3.8, 4) is 0 Å². The van der Waals surface area contributed by atoms with Gasteiger partial charge in [-0.2, -0.15) is 0 Å². The van der Waals surface area contributed by atoms with Crippen LogP contribution in [0.1, 0.15) is 21.5 Å². The van der Waals surface area contributed by atoms with Crippen molar-refractivity contribution in [2.45, 2.75) is 13.8 Å². The summed E-state index contributed by atoms with van der Waals surface area (Å²) in [6.07, 6.45) is 0. The average molecular weight is 358 g/mol. The molecule has 0 aromatic heterocycles. The predicted molar refractivity (Wildman–Crippen MR) is 77.9 cm³/mol. The molecule has 2 aromatic carbocycles. The summed E-state index contributed by atoms with van der Waals surface area (Å²) in [6, 6.07) is 4.99. The van der Waals surface area contributed by atoms with Crippen molar-refractivity contribution in [3.63, 3.8) is 0 Å². The Morgan fingerprint density at radius 2 is 1.62 bits per heavy atom. The first-order valence-electron chi connectivity index (χ1n) is 6.03. The Bertz CT molecular complexity index is 708. The standard InChI is InChI=1S/C15H11BrF3NO/c1-7-5-9(6-8(2)12(7)16)20-15(21)10-3-4-11(17)14(19)13(10)18/h3-6H,1-2H3,(H,20,21). The predicted octanol–water partition coefficient (Wildman–Crippen LogP) is 4.74. The first-order valence-corrected chi connectivity index (χ1v) is 6.82. The van der Waals surface area contributed by atoms with E-state index < -0.39 is 28.9 Å². The minimum absolute atomic E-state index is 0.447. The van der Waals surface area contributed by atoms with E-state index in [9.17, 15) is 18.0 Å². The van der Waals surface area contributed by atoms with Gasteiger partial charge in [0.2, 0.25) is 0 Å². The van der Waals surface area contributed by atoms with Crippen molar-refractivity contribution in [1.82, 2.24) is 0 Å². The number of rotatable bonds is 2. The largest absolute Gasteiger partial charge is 0.322 e. The Balaban J connectivity index is 2.33. The minimum Gasteiger partial charge on any atom is -0.322 e. The molecule has 1 amide bonds. The molecule has 2 rings (SSSR count). The van der Waals surface area contributed by atoms with E-state index in [1.54, 1.807) is 12.1 Å². The van der Waals surface area contributed by atoms with E-state index in [-0.39, 0.29) is 0 Å². The van der Waals surface area contributed by atoms with Crippen LogP contribution in [0.3, 0.4) is 0 Å². The lowest BCUT2D eigenvalue weighted by Gasteiger charge is -2.10. The third kappa shape index (κ3) is 3.10. The molecular weight excluding hydrogens is 347 g/mol. The number of hydrogen-bond donors (Lipinski definition) is 1. The molecule has 0 unspecified atom stereocenters. The van der Waals surface area contributed by atoms with Crippen LogP contribution in [0.5, 0.6) is 0 Å². The first-order chi connectivity index (χ1) is 9.81. The van der Waals surface area contributed by atoms with Gasteiger partial charge >= 0.3 is 0 Å². The topological polar surface area (TPSA) is 29.1 Å². The lowest BCUT2D eigenvalue weighted by Crippen LogP contribution is -2.15. The number of amides is 1. The van der Waals surface area contributed by atoms with Crippen LogP contribution >= 0.6 is 15.9 Å². The molecule has 0 fully saturated rings. The molecule has 21 heavy (non-hydrogen) atoms. The smallest absolute Gasteiger partial charge is 0.258 e. The number of carbonyl (C=O) groups is 1. The number of nitrogens with one attached hydrogen (secondary N) is 1. The summed E-state index contributed by atoms with van der Waals surface area (Å²) in [4.78, 5) is 12.0. The SMILES string of the molecule is Cc1cc(NC(=O)c2ccc(F)c(F)c2F)cc(C)c1Br. The van der Waals surface area contributed by atoms with Gasteiger partial charge in [0.05, 0.1) is 5.56 Å². The van der Waals surface area contributed by atoms with Gasteiger partial charge in [-0.05, 0) is 49.2 Å². The highest BCUT2D eigenvalue weighted by Gasteiger charge is 2.19. The maximum absolute atomic E-state index is 13.6. The highest BCUT2D eigenvalue weighted by Crippen LogP contribution is 2.25. The van der Waals surface area contributed by atoms with E-state index >= 15 is 0 Å². The van der Waals surface area contributed by atoms with Crippen LogP contribution in [0.15, 0.2) is 28.7 Å². The number of carbonyl (C=O) groups excluding carboxylic acids is 1. The Hall–Kier alpha value is -1.82. The zero-order valence-corrected chi connectivity index (χ0v) is 12.8. The van der Waals surface area contributed by atoms with Gasteiger partial charge in [-0.25, -0.2) is 13.2 Å². The summed E-state index contributed by atoms with van der Waals surface area (Å²) < 4.78 is 40.4. The third-order valence-electron chi connectivity index (χ3n) is 2.97. The summed E-state index contributed by atoms with van der Waals surface area (Å²) in [6.45, 7) is 3.68. The van der Waals surface area contributed by atoms with E-state index in [1.165, 1.54) is 0 Å².